The summed E-state index contributed by atoms with van der Waals surface area (Å²) in [5, 5.41) is 2.74. The fourth-order valence-corrected chi connectivity index (χ4v) is 2.74. The normalized spacial score (nSPS) is 12.2. The van der Waals surface area contributed by atoms with E-state index in [9.17, 15) is 26.4 Å². The first-order chi connectivity index (χ1) is 10.8. The van der Waals surface area contributed by atoms with Gasteiger partial charge in [0.05, 0.1) is 5.69 Å². The van der Waals surface area contributed by atoms with Gasteiger partial charge in [-0.05, 0) is 5.41 Å². The van der Waals surface area contributed by atoms with Gasteiger partial charge in [0.25, 0.3) is 10.0 Å². The smallest absolute Gasteiger partial charge is 0.387 e. The molecule has 0 aliphatic carbocycles. The topological polar surface area (TPSA) is 84.5 Å². The lowest BCUT2D eigenvalue weighted by Crippen LogP contribution is -2.29. The van der Waals surface area contributed by atoms with Crippen LogP contribution in [0.3, 0.4) is 0 Å². The lowest BCUT2D eigenvalue weighted by molar-refractivity contribution is -0.117. The minimum absolute atomic E-state index is 0.121. The highest BCUT2D eigenvalue weighted by Crippen LogP contribution is 2.32. The number of ether oxygens (including phenoxy) is 1. The number of amides is 1. The maximum absolute atomic E-state index is 14.1. The number of carbonyl (C=O) groups excluding carboxylic acids is 1. The molecule has 1 aromatic rings. The summed E-state index contributed by atoms with van der Waals surface area (Å²) in [6.45, 7) is 3.57. The van der Waals surface area contributed by atoms with Gasteiger partial charge < -0.3 is 10.1 Å². The molecular formula is C14H19F3N2O4S. The number of sulfonamides is 1. The van der Waals surface area contributed by atoms with Crippen molar-refractivity contribution in [2.24, 2.45) is 5.41 Å². The summed E-state index contributed by atoms with van der Waals surface area (Å²) in [5.74, 6) is -2.69. The molecule has 10 heteroatoms. The molecule has 0 radical (unpaired) electrons. The predicted molar refractivity (Wildman–Crippen MR) is 82.0 cm³/mol. The lowest BCUT2D eigenvalue weighted by atomic mass is 9.97. The number of nitrogens with one attached hydrogen (secondary N) is 2. The monoisotopic (exact) mass is 368 g/mol. The first kappa shape index (κ1) is 20.1. The third-order valence-corrected chi connectivity index (χ3v) is 4.07. The number of benzene rings is 1. The lowest BCUT2D eigenvalue weighted by Gasteiger charge is -2.21. The third kappa shape index (κ3) is 5.91. The molecule has 2 N–H and O–H groups in total. The third-order valence-electron chi connectivity index (χ3n) is 2.63. The molecule has 1 amide bonds. The van der Waals surface area contributed by atoms with E-state index in [1.165, 1.54) is 0 Å². The summed E-state index contributed by atoms with van der Waals surface area (Å²) < 4.78 is 68.8. The van der Waals surface area contributed by atoms with Gasteiger partial charge in [-0.25, -0.2) is 17.5 Å². The molecule has 1 rings (SSSR count). The van der Waals surface area contributed by atoms with Crippen LogP contribution < -0.4 is 14.8 Å². The van der Waals surface area contributed by atoms with Gasteiger partial charge in [-0.15, -0.1) is 0 Å². The summed E-state index contributed by atoms with van der Waals surface area (Å²) in [6.07, 6.45) is 0. The van der Waals surface area contributed by atoms with Crippen LogP contribution in [0.2, 0.25) is 0 Å². The van der Waals surface area contributed by atoms with Crippen molar-refractivity contribution in [3.05, 3.63) is 17.9 Å². The largest absolute Gasteiger partial charge is 0.433 e. The van der Waals surface area contributed by atoms with Crippen molar-refractivity contribution in [2.45, 2.75) is 39.2 Å². The molecule has 0 spiro atoms. The van der Waals surface area contributed by atoms with E-state index in [-0.39, 0.29) is 11.1 Å². The van der Waals surface area contributed by atoms with Crippen LogP contribution in [0, 0.1) is 11.2 Å². The van der Waals surface area contributed by atoms with Crippen molar-refractivity contribution in [3.63, 3.8) is 0 Å². The molecule has 0 unspecified atom stereocenters. The number of hydrogen-bond donors (Lipinski definition) is 2. The van der Waals surface area contributed by atoms with E-state index >= 15 is 0 Å². The average molecular weight is 368 g/mol. The van der Waals surface area contributed by atoms with Crippen LogP contribution in [0.25, 0.3) is 0 Å². The number of anilines is 1. The van der Waals surface area contributed by atoms with E-state index in [0.717, 1.165) is 13.0 Å². The predicted octanol–water partition coefficient (Wildman–Crippen LogP) is 2.71. The number of alkyl halides is 2. The van der Waals surface area contributed by atoms with Crippen molar-refractivity contribution in [1.29, 1.82) is 0 Å². The zero-order valence-electron chi connectivity index (χ0n) is 13.6. The van der Waals surface area contributed by atoms with Crippen molar-refractivity contribution in [1.82, 2.24) is 4.72 Å². The van der Waals surface area contributed by atoms with Crippen molar-refractivity contribution >= 4 is 21.6 Å². The van der Waals surface area contributed by atoms with Crippen LogP contribution in [-0.4, -0.2) is 27.5 Å². The quantitative estimate of drug-likeness (QED) is 0.807. The van der Waals surface area contributed by atoms with Gasteiger partial charge in [0, 0.05) is 25.6 Å². The minimum Gasteiger partial charge on any atom is -0.433 e. The van der Waals surface area contributed by atoms with Gasteiger partial charge in [0.1, 0.15) is 10.7 Å². The van der Waals surface area contributed by atoms with Crippen LogP contribution in [0.5, 0.6) is 5.75 Å². The summed E-state index contributed by atoms with van der Waals surface area (Å²) in [4.78, 5) is 9.95. The fraction of sp³-hybridized carbons (Fsp3) is 0.500. The Labute approximate surface area is 138 Å². The molecular weight excluding hydrogens is 349 g/mol. The summed E-state index contributed by atoms with van der Waals surface area (Å²) in [7, 11) is -4.54. The Morgan fingerprint density at radius 2 is 1.88 bits per heavy atom. The SMILES string of the molecule is CC(=O)NS(=O)(=O)c1cc(OC(F)F)c(NCC(C)(C)C)cc1F. The first-order valence-corrected chi connectivity index (χ1v) is 8.36. The molecule has 0 saturated carbocycles. The van der Waals surface area contributed by atoms with Crippen LogP contribution in [-0.2, 0) is 14.8 Å². The van der Waals surface area contributed by atoms with Crippen LogP contribution in [0.15, 0.2) is 17.0 Å². The summed E-state index contributed by atoms with van der Waals surface area (Å²) in [5.41, 5.74) is -0.371. The van der Waals surface area contributed by atoms with Crippen LogP contribution >= 0.6 is 0 Å². The van der Waals surface area contributed by atoms with E-state index in [2.05, 4.69) is 10.1 Å². The number of hydrogen-bond acceptors (Lipinski definition) is 5. The Hall–Kier alpha value is -1.97. The van der Waals surface area contributed by atoms with E-state index < -0.39 is 39.0 Å². The zero-order chi connectivity index (χ0) is 18.7. The molecule has 0 bridgehead atoms. The molecule has 0 aliphatic heterocycles. The summed E-state index contributed by atoms with van der Waals surface area (Å²) >= 11 is 0. The van der Waals surface area contributed by atoms with Crippen LogP contribution in [0.1, 0.15) is 27.7 Å². The molecule has 0 aromatic heterocycles. The maximum Gasteiger partial charge on any atom is 0.387 e. The molecule has 1 aromatic carbocycles. The van der Waals surface area contributed by atoms with Gasteiger partial charge in [0.15, 0.2) is 5.75 Å². The summed E-state index contributed by atoms with van der Waals surface area (Å²) in [6, 6.07) is 1.34. The van der Waals surface area contributed by atoms with Crippen LogP contribution in [0.4, 0.5) is 18.9 Å². The Morgan fingerprint density at radius 1 is 1.29 bits per heavy atom. The van der Waals surface area contributed by atoms with Gasteiger partial charge in [-0.1, -0.05) is 20.8 Å². The number of carbonyl (C=O) groups is 1. The molecule has 0 aliphatic rings. The highest BCUT2D eigenvalue weighted by molar-refractivity contribution is 7.90. The highest BCUT2D eigenvalue weighted by Gasteiger charge is 2.25. The van der Waals surface area contributed by atoms with E-state index in [0.29, 0.717) is 12.6 Å². The molecule has 0 heterocycles. The van der Waals surface area contributed by atoms with E-state index in [4.69, 9.17) is 0 Å². The number of rotatable bonds is 6. The molecule has 0 fully saturated rings. The van der Waals surface area contributed by atoms with Gasteiger partial charge in [-0.3, -0.25) is 4.79 Å². The highest BCUT2D eigenvalue weighted by atomic mass is 32.2. The second kappa shape index (κ2) is 7.29. The Kier molecular flexibility index (Phi) is 6.09. The Bertz CT molecular complexity index is 715. The van der Waals surface area contributed by atoms with Crippen molar-refractivity contribution in [3.8, 4) is 5.75 Å². The second-order valence-electron chi connectivity index (χ2n) is 6.23. The maximum atomic E-state index is 14.1. The van der Waals surface area contributed by atoms with Gasteiger partial charge >= 0.3 is 6.61 Å². The first-order valence-electron chi connectivity index (χ1n) is 6.87. The van der Waals surface area contributed by atoms with Gasteiger partial charge in [-0.2, -0.15) is 8.78 Å². The Morgan fingerprint density at radius 3 is 2.33 bits per heavy atom. The van der Waals surface area contributed by atoms with E-state index in [1.54, 1.807) is 4.72 Å². The van der Waals surface area contributed by atoms with Crippen molar-refractivity contribution in [2.75, 3.05) is 11.9 Å². The standard InChI is InChI=1S/C14H19F3N2O4S/c1-8(20)19-24(21,22)12-6-11(23-13(16)17)10(5-9(12)15)18-7-14(2,3)4/h5-6,13,18H,7H2,1-4H3,(H,19,20). The Balaban J connectivity index is 3.33. The van der Waals surface area contributed by atoms with E-state index in [1.807, 2.05) is 20.8 Å². The van der Waals surface area contributed by atoms with Gasteiger partial charge in [0.2, 0.25) is 5.91 Å². The second-order valence-corrected chi connectivity index (χ2v) is 7.88. The molecule has 0 atom stereocenters. The molecule has 136 valence electrons. The molecule has 6 nitrogen and oxygen atoms in total. The average Bonchev–Trinajstić information content (AvgIpc) is 2.35. The zero-order valence-corrected chi connectivity index (χ0v) is 14.4. The molecule has 0 saturated heterocycles. The molecule has 24 heavy (non-hydrogen) atoms. The fourth-order valence-electron chi connectivity index (χ4n) is 1.68. The minimum atomic E-state index is -4.54. The van der Waals surface area contributed by atoms with Crippen molar-refractivity contribution < 1.29 is 31.1 Å². The number of halogens is 3.